The van der Waals surface area contributed by atoms with Crippen LogP contribution < -0.4 is 0 Å². The minimum absolute atomic E-state index is 0.101. The number of aliphatic hydroxyl groups excluding tert-OH is 1. The molecule has 1 aliphatic rings. The molecular weight excluding hydrogens is 310 g/mol. The molecule has 3 rings (SSSR count). The summed E-state index contributed by atoms with van der Waals surface area (Å²) in [4.78, 5) is 0.235. The fourth-order valence-electron chi connectivity index (χ4n) is 2.79. The van der Waals surface area contributed by atoms with E-state index in [2.05, 4.69) is 8.75 Å². The number of fused-ring (bicyclic) bond motifs is 1. The normalized spacial score (nSPS) is 20.9. The standard InChI is InChI=1S/C13H17N3O3S2/c17-8-6-10-3-2-7-16(9-10)21(18,19)12-5-1-4-11-13(12)15-20-14-11/h1,4-5,10,17H,2-3,6-9H2. The molecule has 6 nitrogen and oxygen atoms in total. The molecule has 0 spiro atoms. The smallest absolute Gasteiger partial charge is 0.245 e. The molecule has 1 unspecified atom stereocenters. The second-order valence-corrected chi connectivity index (χ2v) is 7.71. The first-order valence-electron chi connectivity index (χ1n) is 6.95. The largest absolute Gasteiger partial charge is 0.396 e. The predicted octanol–water partition coefficient (Wildman–Crippen LogP) is 1.47. The van der Waals surface area contributed by atoms with Crippen molar-refractivity contribution < 1.29 is 13.5 Å². The van der Waals surface area contributed by atoms with Crippen molar-refractivity contribution in [2.75, 3.05) is 19.7 Å². The topological polar surface area (TPSA) is 83.4 Å². The summed E-state index contributed by atoms with van der Waals surface area (Å²) in [5.74, 6) is 0.228. The monoisotopic (exact) mass is 327 g/mol. The van der Waals surface area contributed by atoms with Crippen LogP contribution in [-0.2, 0) is 10.0 Å². The van der Waals surface area contributed by atoms with E-state index in [-0.39, 0.29) is 17.4 Å². The number of nitrogens with zero attached hydrogens (tertiary/aromatic N) is 3. The molecule has 2 heterocycles. The maximum Gasteiger partial charge on any atom is 0.245 e. The average molecular weight is 327 g/mol. The minimum Gasteiger partial charge on any atom is -0.396 e. The van der Waals surface area contributed by atoms with Crippen LogP contribution in [0, 0.1) is 5.92 Å². The number of rotatable bonds is 4. The van der Waals surface area contributed by atoms with Gasteiger partial charge in [0.25, 0.3) is 0 Å². The van der Waals surface area contributed by atoms with Crippen LogP contribution in [-0.4, -0.2) is 46.3 Å². The van der Waals surface area contributed by atoms with Gasteiger partial charge >= 0.3 is 0 Å². The maximum atomic E-state index is 12.8. The molecule has 8 heteroatoms. The summed E-state index contributed by atoms with van der Waals surface area (Å²) in [5.41, 5.74) is 1.07. The van der Waals surface area contributed by atoms with E-state index in [9.17, 15) is 8.42 Å². The molecule has 2 aromatic rings. The van der Waals surface area contributed by atoms with Gasteiger partial charge in [-0.1, -0.05) is 6.07 Å². The van der Waals surface area contributed by atoms with E-state index in [0.29, 0.717) is 30.5 Å². The molecule has 0 bridgehead atoms. The zero-order valence-corrected chi connectivity index (χ0v) is 13.1. The number of piperidine rings is 1. The van der Waals surface area contributed by atoms with Crippen molar-refractivity contribution in [2.24, 2.45) is 5.92 Å². The van der Waals surface area contributed by atoms with E-state index in [0.717, 1.165) is 24.6 Å². The van der Waals surface area contributed by atoms with Crippen LogP contribution in [0.4, 0.5) is 0 Å². The van der Waals surface area contributed by atoms with Crippen LogP contribution in [0.1, 0.15) is 19.3 Å². The van der Waals surface area contributed by atoms with Crippen molar-refractivity contribution in [1.29, 1.82) is 0 Å². The average Bonchev–Trinajstić information content (AvgIpc) is 2.96. The first kappa shape index (κ1) is 14.8. The molecule has 0 saturated carbocycles. The fraction of sp³-hybridized carbons (Fsp3) is 0.538. The van der Waals surface area contributed by atoms with Crippen LogP contribution in [0.2, 0.25) is 0 Å². The molecule has 1 aliphatic heterocycles. The van der Waals surface area contributed by atoms with Gasteiger partial charge in [0.15, 0.2) is 0 Å². The van der Waals surface area contributed by atoms with E-state index in [1.54, 1.807) is 18.2 Å². The van der Waals surface area contributed by atoms with E-state index in [1.165, 1.54) is 4.31 Å². The van der Waals surface area contributed by atoms with Crippen molar-refractivity contribution in [2.45, 2.75) is 24.2 Å². The summed E-state index contributed by atoms with van der Waals surface area (Å²) >= 11 is 1.02. The third-order valence-corrected chi connectivity index (χ3v) is 6.33. The molecule has 1 N–H and O–H groups in total. The van der Waals surface area contributed by atoms with Gasteiger partial charge in [-0.3, -0.25) is 0 Å². The number of aliphatic hydroxyl groups is 1. The SMILES string of the molecule is O=S(=O)(c1cccc2nsnc12)N1CCCC(CCO)C1. The molecule has 0 amide bonds. The Hall–Kier alpha value is -1.09. The zero-order valence-electron chi connectivity index (χ0n) is 11.5. The Morgan fingerprint density at radius 3 is 3.05 bits per heavy atom. The highest BCUT2D eigenvalue weighted by atomic mass is 32.2. The Kier molecular flexibility index (Phi) is 4.21. The van der Waals surface area contributed by atoms with Gasteiger partial charge in [0.1, 0.15) is 15.9 Å². The molecule has 1 saturated heterocycles. The van der Waals surface area contributed by atoms with Gasteiger partial charge in [0.2, 0.25) is 10.0 Å². The molecule has 21 heavy (non-hydrogen) atoms. The lowest BCUT2D eigenvalue weighted by Crippen LogP contribution is -2.40. The van der Waals surface area contributed by atoms with Crippen LogP contribution >= 0.6 is 11.7 Å². The van der Waals surface area contributed by atoms with E-state index in [1.807, 2.05) is 0 Å². The summed E-state index contributed by atoms with van der Waals surface area (Å²) in [7, 11) is -3.55. The van der Waals surface area contributed by atoms with Crippen LogP contribution in [0.25, 0.3) is 11.0 Å². The van der Waals surface area contributed by atoms with Crippen molar-refractivity contribution in [1.82, 2.24) is 13.1 Å². The first-order valence-corrected chi connectivity index (χ1v) is 9.12. The Labute approximate surface area is 127 Å². The highest BCUT2D eigenvalue weighted by Crippen LogP contribution is 2.28. The number of sulfonamides is 1. The molecule has 114 valence electrons. The summed E-state index contributed by atoms with van der Waals surface area (Å²) < 4.78 is 35.4. The van der Waals surface area contributed by atoms with Gasteiger partial charge in [-0.25, -0.2) is 8.42 Å². The number of benzene rings is 1. The van der Waals surface area contributed by atoms with E-state index in [4.69, 9.17) is 5.11 Å². The van der Waals surface area contributed by atoms with Crippen molar-refractivity contribution >= 4 is 32.8 Å². The van der Waals surface area contributed by atoms with Gasteiger partial charge in [-0.15, -0.1) is 0 Å². The van der Waals surface area contributed by atoms with Crippen molar-refractivity contribution in [3.8, 4) is 0 Å². The lowest BCUT2D eigenvalue weighted by Gasteiger charge is -2.31. The Balaban J connectivity index is 1.94. The molecule has 1 atom stereocenters. The van der Waals surface area contributed by atoms with E-state index < -0.39 is 10.0 Å². The Bertz CT molecular complexity index is 727. The van der Waals surface area contributed by atoms with Gasteiger partial charge in [0, 0.05) is 19.7 Å². The van der Waals surface area contributed by atoms with Gasteiger partial charge in [0.05, 0.1) is 11.7 Å². The Morgan fingerprint density at radius 1 is 1.38 bits per heavy atom. The minimum atomic E-state index is -3.55. The van der Waals surface area contributed by atoms with Gasteiger partial charge in [-0.2, -0.15) is 13.1 Å². The molecule has 0 aliphatic carbocycles. The predicted molar refractivity (Wildman–Crippen MR) is 80.6 cm³/mol. The molecule has 1 aromatic carbocycles. The van der Waals surface area contributed by atoms with Gasteiger partial charge in [-0.05, 0) is 37.3 Å². The Morgan fingerprint density at radius 2 is 2.24 bits per heavy atom. The zero-order chi connectivity index (χ0) is 14.9. The molecular formula is C13H17N3O3S2. The number of hydrogen-bond donors (Lipinski definition) is 1. The number of hydrogen-bond acceptors (Lipinski definition) is 6. The van der Waals surface area contributed by atoms with Crippen LogP contribution in [0.3, 0.4) is 0 Å². The fourth-order valence-corrected chi connectivity index (χ4v) is 5.10. The first-order chi connectivity index (χ1) is 10.1. The second kappa shape index (κ2) is 5.96. The summed E-state index contributed by atoms with van der Waals surface area (Å²) in [6.07, 6.45) is 2.44. The summed E-state index contributed by atoms with van der Waals surface area (Å²) in [6, 6.07) is 5.06. The molecule has 0 radical (unpaired) electrons. The number of aromatic nitrogens is 2. The van der Waals surface area contributed by atoms with Crippen molar-refractivity contribution in [3.63, 3.8) is 0 Å². The maximum absolute atomic E-state index is 12.8. The van der Waals surface area contributed by atoms with Crippen molar-refractivity contribution in [3.05, 3.63) is 18.2 Å². The van der Waals surface area contributed by atoms with Gasteiger partial charge < -0.3 is 5.11 Å². The molecule has 1 aromatic heterocycles. The van der Waals surface area contributed by atoms with E-state index >= 15 is 0 Å². The quantitative estimate of drug-likeness (QED) is 0.919. The lowest BCUT2D eigenvalue weighted by molar-refractivity contribution is 0.203. The highest BCUT2D eigenvalue weighted by molar-refractivity contribution is 7.89. The second-order valence-electron chi connectivity index (χ2n) is 5.27. The summed E-state index contributed by atoms with van der Waals surface area (Å²) in [6.45, 7) is 1.10. The highest BCUT2D eigenvalue weighted by Gasteiger charge is 2.31. The lowest BCUT2D eigenvalue weighted by atomic mass is 9.97. The summed E-state index contributed by atoms with van der Waals surface area (Å²) in [5, 5.41) is 9.05. The molecule has 1 fully saturated rings. The third kappa shape index (κ3) is 2.80. The van der Waals surface area contributed by atoms with Crippen LogP contribution in [0.15, 0.2) is 23.1 Å². The third-order valence-electron chi connectivity index (χ3n) is 3.89. The van der Waals surface area contributed by atoms with Crippen LogP contribution in [0.5, 0.6) is 0 Å².